The molecule has 2 fully saturated rings. The molecule has 1 aromatic heterocycles. The second-order valence-electron chi connectivity index (χ2n) is 8.64. The summed E-state index contributed by atoms with van der Waals surface area (Å²) in [6.45, 7) is 2.59. The van der Waals surface area contributed by atoms with Gasteiger partial charge in [-0.05, 0) is 17.5 Å². The molecule has 0 saturated carbocycles. The Morgan fingerprint density at radius 3 is 2.25 bits per heavy atom. The highest BCUT2D eigenvalue weighted by Gasteiger charge is 2.34. The van der Waals surface area contributed by atoms with E-state index < -0.39 is 0 Å². The van der Waals surface area contributed by atoms with Crippen LogP contribution in [-0.2, 0) is 16.1 Å². The average molecular weight is 430 g/mol. The van der Waals surface area contributed by atoms with Crippen LogP contribution in [0.3, 0.4) is 0 Å². The third kappa shape index (κ3) is 4.28. The zero-order valence-electron chi connectivity index (χ0n) is 18.0. The number of nitrogens with zero attached hydrogens (tertiary/aromatic N) is 5. The van der Waals surface area contributed by atoms with Crippen LogP contribution in [0.1, 0.15) is 48.0 Å². The first-order valence-corrected chi connectivity index (χ1v) is 11.2. The van der Waals surface area contributed by atoms with E-state index in [1.54, 1.807) is 0 Å². The summed E-state index contributed by atoms with van der Waals surface area (Å²) in [7, 11) is 0. The lowest BCUT2D eigenvalue weighted by Crippen LogP contribution is -2.51. The number of carbonyl (C=O) groups excluding carboxylic acids is 2. The van der Waals surface area contributed by atoms with Crippen LogP contribution in [0.25, 0.3) is 0 Å². The van der Waals surface area contributed by atoms with Crippen molar-refractivity contribution in [2.24, 2.45) is 0 Å². The zero-order valence-corrected chi connectivity index (χ0v) is 18.0. The van der Waals surface area contributed by atoms with Crippen LogP contribution in [0.15, 0.2) is 66.9 Å². The van der Waals surface area contributed by atoms with E-state index in [1.807, 2.05) is 57.1 Å². The summed E-state index contributed by atoms with van der Waals surface area (Å²) in [5.41, 5.74) is 3.11. The van der Waals surface area contributed by atoms with Gasteiger partial charge in [0.05, 0.1) is 18.8 Å². The maximum absolute atomic E-state index is 13.1. The first-order valence-electron chi connectivity index (χ1n) is 11.2. The fraction of sp³-hybridized carbons (Fsp3) is 0.360. The Balaban J connectivity index is 1.20. The quantitative estimate of drug-likeness (QED) is 0.579. The van der Waals surface area contributed by atoms with E-state index in [1.165, 1.54) is 0 Å². The first kappa shape index (κ1) is 20.4. The molecule has 2 saturated heterocycles. The van der Waals surface area contributed by atoms with Crippen LogP contribution in [0.2, 0.25) is 0 Å². The maximum Gasteiger partial charge on any atom is 0.223 e. The third-order valence-corrected chi connectivity index (χ3v) is 6.45. The van der Waals surface area contributed by atoms with Crippen LogP contribution in [0.5, 0.6) is 0 Å². The predicted molar refractivity (Wildman–Crippen MR) is 120 cm³/mol. The smallest absolute Gasteiger partial charge is 0.223 e. The standard InChI is InChI=1S/C25H27N5O2/c31-24-12-7-13-28(24)15-21-16-30(27-26-21)22-17-29(18-22)25(32)14-23(19-8-3-1-4-9-19)20-10-5-2-6-11-20/h1-6,8-11,16,22-23H,7,12-15,17-18H2. The summed E-state index contributed by atoms with van der Waals surface area (Å²) >= 11 is 0. The third-order valence-electron chi connectivity index (χ3n) is 6.45. The number of benzene rings is 2. The summed E-state index contributed by atoms with van der Waals surface area (Å²) < 4.78 is 1.84. The summed E-state index contributed by atoms with van der Waals surface area (Å²) in [4.78, 5) is 28.6. The molecule has 2 aliphatic rings. The van der Waals surface area contributed by atoms with Gasteiger partial charge in [-0.3, -0.25) is 9.59 Å². The monoisotopic (exact) mass is 429 g/mol. The summed E-state index contributed by atoms with van der Waals surface area (Å²) in [5.74, 6) is 0.383. The van der Waals surface area contributed by atoms with Crippen molar-refractivity contribution in [3.8, 4) is 0 Å². The van der Waals surface area contributed by atoms with Crippen molar-refractivity contribution in [1.82, 2.24) is 24.8 Å². The molecule has 0 spiro atoms. The molecule has 0 radical (unpaired) electrons. The van der Waals surface area contributed by atoms with Gasteiger partial charge in [0, 0.05) is 38.4 Å². The van der Waals surface area contributed by atoms with Crippen LogP contribution < -0.4 is 0 Å². The van der Waals surface area contributed by atoms with Crippen molar-refractivity contribution in [3.05, 3.63) is 83.7 Å². The van der Waals surface area contributed by atoms with Gasteiger partial charge in [-0.25, -0.2) is 4.68 Å². The predicted octanol–water partition coefficient (Wildman–Crippen LogP) is 3.01. The van der Waals surface area contributed by atoms with Gasteiger partial charge in [0.1, 0.15) is 5.69 Å². The molecule has 0 bridgehead atoms. The van der Waals surface area contributed by atoms with E-state index in [-0.39, 0.29) is 23.8 Å². The average Bonchev–Trinajstić information content (AvgIpc) is 3.41. The largest absolute Gasteiger partial charge is 0.338 e. The number of carbonyl (C=O) groups is 2. The van der Waals surface area contributed by atoms with Crippen molar-refractivity contribution < 1.29 is 9.59 Å². The Bertz CT molecular complexity index is 1040. The Morgan fingerprint density at radius 2 is 1.66 bits per heavy atom. The van der Waals surface area contributed by atoms with Gasteiger partial charge in [0.25, 0.3) is 0 Å². The molecule has 7 heteroatoms. The van der Waals surface area contributed by atoms with Gasteiger partial charge in [0.2, 0.25) is 11.8 Å². The molecular weight excluding hydrogens is 402 g/mol. The molecule has 3 aromatic rings. The molecular formula is C25H27N5O2. The first-order chi connectivity index (χ1) is 15.7. The normalized spacial score (nSPS) is 16.6. The van der Waals surface area contributed by atoms with E-state index in [9.17, 15) is 9.59 Å². The number of likely N-dealkylation sites (tertiary alicyclic amines) is 2. The van der Waals surface area contributed by atoms with E-state index >= 15 is 0 Å². The second-order valence-corrected chi connectivity index (χ2v) is 8.64. The van der Waals surface area contributed by atoms with Gasteiger partial charge in [-0.15, -0.1) is 5.10 Å². The molecule has 3 heterocycles. The Labute approximate surface area is 187 Å². The number of aromatic nitrogens is 3. The molecule has 0 unspecified atom stereocenters. The van der Waals surface area contributed by atoms with Crippen molar-refractivity contribution in [2.75, 3.05) is 19.6 Å². The molecule has 2 aliphatic heterocycles. The van der Waals surface area contributed by atoms with Crippen LogP contribution in [0.4, 0.5) is 0 Å². The number of hydrogen-bond donors (Lipinski definition) is 0. The van der Waals surface area contributed by atoms with Gasteiger partial charge in [-0.1, -0.05) is 65.9 Å². The molecule has 164 valence electrons. The van der Waals surface area contributed by atoms with Crippen molar-refractivity contribution in [1.29, 1.82) is 0 Å². The van der Waals surface area contributed by atoms with Crippen molar-refractivity contribution in [3.63, 3.8) is 0 Å². The Hall–Kier alpha value is -3.48. The SMILES string of the molecule is O=C1CCCN1Cc1cn(C2CN(C(=O)CC(c3ccccc3)c3ccccc3)C2)nn1. The van der Waals surface area contributed by atoms with E-state index in [0.29, 0.717) is 32.5 Å². The fourth-order valence-electron chi connectivity index (χ4n) is 4.56. The fourth-order valence-corrected chi connectivity index (χ4v) is 4.56. The minimum atomic E-state index is 0.0416. The lowest BCUT2D eigenvalue weighted by molar-refractivity contribution is -0.137. The van der Waals surface area contributed by atoms with E-state index in [4.69, 9.17) is 0 Å². The topological polar surface area (TPSA) is 71.3 Å². The van der Waals surface area contributed by atoms with Crippen molar-refractivity contribution >= 4 is 11.8 Å². The Morgan fingerprint density at radius 1 is 1.00 bits per heavy atom. The highest BCUT2D eigenvalue weighted by atomic mass is 16.2. The van der Waals surface area contributed by atoms with E-state index in [0.717, 1.165) is 29.8 Å². The van der Waals surface area contributed by atoms with Crippen LogP contribution >= 0.6 is 0 Å². The minimum Gasteiger partial charge on any atom is -0.338 e. The van der Waals surface area contributed by atoms with Crippen LogP contribution in [-0.4, -0.2) is 56.2 Å². The lowest BCUT2D eigenvalue weighted by Gasteiger charge is -2.39. The van der Waals surface area contributed by atoms with Gasteiger partial charge < -0.3 is 9.80 Å². The van der Waals surface area contributed by atoms with Crippen LogP contribution in [0, 0.1) is 0 Å². The molecule has 0 aliphatic carbocycles. The van der Waals surface area contributed by atoms with Gasteiger partial charge >= 0.3 is 0 Å². The maximum atomic E-state index is 13.1. The van der Waals surface area contributed by atoms with Gasteiger partial charge in [0.15, 0.2) is 0 Å². The number of hydrogen-bond acceptors (Lipinski definition) is 4. The minimum absolute atomic E-state index is 0.0416. The van der Waals surface area contributed by atoms with E-state index in [2.05, 4.69) is 34.6 Å². The van der Waals surface area contributed by atoms with Crippen molar-refractivity contribution in [2.45, 2.75) is 37.8 Å². The summed E-state index contributed by atoms with van der Waals surface area (Å²) in [5, 5.41) is 8.48. The number of rotatable bonds is 7. The molecule has 0 N–H and O–H groups in total. The molecule has 0 atom stereocenters. The highest BCUT2D eigenvalue weighted by Crippen LogP contribution is 2.30. The molecule has 7 nitrogen and oxygen atoms in total. The summed E-state index contributed by atoms with van der Waals surface area (Å²) in [6, 6.07) is 20.6. The van der Waals surface area contributed by atoms with Gasteiger partial charge in [-0.2, -0.15) is 0 Å². The number of amides is 2. The Kier molecular flexibility index (Phi) is 5.71. The molecule has 5 rings (SSSR count). The molecule has 32 heavy (non-hydrogen) atoms. The zero-order chi connectivity index (χ0) is 21.9. The summed E-state index contributed by atoms with van der Waals surface area (Å²) in [6.07, 6.45) is 3.90. The second kappa shape index (κ2) is 8.94. The molecule has 2 amide bonds. The molecule has 2 aromatic carbocycles. The lowest BCUT2D eigenvalue weighted by atomic mass is 9.87. The highest BCUT2D eigenvalue weighted by molar-refractivity contribution is 5.79.